The zero-order valence-corrected chi connectivity index (χ0v) is 62.3. The van der Waals surface area contributed by atoms with Crippen LogP contribution in [0.3, 0.4) is 0 Å². The van der Waals surface area contributed by atoms with Gasteiger partial charge in [0.15, 0.2) is 0 Å². The number of halogens is 4. The lowest BCUT2D eigenvalue weighted by molar-refractivity contribution is -0.138. The van der Waals surface area contributed by atoms with Crippen molar-refractivity contribution in [3.8, 4) is 0 Å². The fraction of sp³-hybridized carbons (Fsp3) is 0.141. The lowest BCUT2D eigenvalue weighted by atomic mass is 9.96. The number of carboxylic acids is 4. The molecule has 0 bridgehead atoms. The number of benzene rings is 7. The largest absolute Gasteiger partial charge is 0.480 e. The number of carboxylic acid groups (broad SMARTS) is 4. The van der Waals surface area contributed by atoms with Crippen molar-refractivity contribution in [2.75, 3.05) is 0 Å². The minimum atomic E-state index is -3.63. The van der Waals surface area contributed by atoms with Crippen LogP contribution in [0.4, 0.5) is 8.78 Å². The van der Waals surface area contributed by atoms with Crippen LogP contribution in [-0.2, 0) is 84.7 Å². The van der Waals surface area contributed by atoms with Gasteiger partial charge in [0.2, 0.25) is 39.3 Å². The molecule has 0 saturated carbocycles. The molecule has 16 rings (SSSR count). The topological polar surface area (TPSA) is 318 Å². The molecule has 12 aromatic rings. The second-order valence-corrected chi connectivity index (χ2v) is 34.0. The van der Waals surface area contributed by atoms with Crippen molar-refractivity contribution in [3.63, 3.8) is 0 Å². The molecule has 0 spiro atoms. The van der Waals surface area contributed by atoms with E-state index >= 15 is 0 Å². The van der Waals surface area contributed by atoms with Gasteiger partial charge in [-0.05, 0) is 151 Å². The standard InChI is InChI=1S/C21H19NO4S.C20H16FNO4S.C19H13Cl2NO4S.C18H13FN2O4S/c1-12-5-7-18-16(8-12)21(14(3)22(18)10-20(23)24)17-11-27(25,26)19-9-13(2)4-6-15(17)19;1-11-3-5-14-16(10-27(25,26)18(14)7-11)20-12(2)22(9-19(23)24)17-8-13(21)4-6-15(17)20;1-10-19(14-5-3-11(20)6-16(14)22(10)8-18(23)24)15-9-27(25,26)17-7-12(21)2-4-13(15)17;1-10-18(14-9-26(24,25)16-4-5-20-7-13(14)16)12-6-11(19)2-3-15(12)21(10)8-17(22)23/h4-9,11H,10H2,1-3H3,(H,23,24);3-8,10H,9H2,1-2H3,(H,23,24);2-7,9H,8H2,1H3,(H,23,24);2-7,9H,8H2,1H3,(H,22,23). The molecule has 7 aromatic carbocycles. The molecule has 0 fully saturated rings. The van der Waals surface area contributed by atoms with Crippen LogP contribution >= 0.6 is 23.2 Å². The highest BCUT2D eigenvalue weighted by Crippen LogP contribution is 2.48. The average Bonchev–Trinajstić information content (AvgIpc) is 1.60. The van der Waals surface area contributed by atoms with Gasteiger partial charge in [0.25, 0.3) is 0 Å². The number of carbonyl (C=O) groups is 4. The molecule has 5 aromatic heterocycles. The molecular weight excluding hydrogens is 1500 g/mol. The van der Waals surface area contributed by atoms with Gasteiger partial charge in [-0.25, -0.2) is 42.5 Å². The number of rotatable bonds is 12. The zero-order valence-electron chi connectivity index (χ0n) is 57.6. The first-order valence-electron chi connectivity index (χ1n) is 32.5. The minimum Gasteiger partial charge on any atom is -0.480 e. The van der Waals surface area contributed by atoms with Gasteiger partial charge >= 0.3 is 23.9 Å². The van der Waals surface area contributed by atoms with Crippen LogP contribution in [0.5, 0.6) is 0 Å². The Morgan fingerprint density at radius 2 is 0.682 bits per heavy atom. The summed E-state index contributed by atoms with van der Waals surface area (Å²) in [5.41, 5.74) is 14.4. The van der Waals surface area contributed by atoms with Gasteiger partial charge < -0.3 is 38.7 Å². The van der Waals surface area contributed by atoms with Crippen LogP contribution in [-0.4, -0.2) is 101 Å². The van der Waals surface area contributed by atoms with Crippen molar-refractivity contribution in [1.82, 2.24) is 23.3 Å². The molecule has 21 nitrogen and oxygen atoms in total. The molecule has 0 amide bonds. The third kappa shape index (κ3) is 13.4. The number of hydrogen-bond acceptors (Lipinski definition) is 13. The maximum absolute atomic E-state index is 13.9. The molecule has 0 radical (unpaired) electrons. The molecule has 4 N–H and O–H groups in total. The Labute approximate surface area is 620 Å². The second kappa shape index (κ2) is 27.4. The maximum Gasteiger partial charge on any atom is 0.323 e. The SMILES string of the molecule is Cc1c(C2=CS(=O)(=O)c3cc(Cl)ccc32)c2ccc(Cl)cc2n1CC(=O)O.Cc1c(C2=CS(=O)(=O)c3ccncc32)c2cc(F)ccc2n1CC(=O)O.Cc1ccc2c(c1)S(=O)(=O)C=C2c1c(C)n(CC(=O)O)c2cc(F)ccc12.Cc1ccc2c(c1)S(=O)(=O)C=C2c1c(C)n(CC(=O)O)c2ccc(C)cc12. The third-order valence-electron chi connectivity index (χ3n) is 19.1. The normalized spacial score (nSPS) is 15.0. The first kappa shape index (κ1) is 74.2. The van der Waals surface area contributed by atoms with Crippen molar-refractivity contribution >= 4 is 152 Å². The zero-order chi connectivity index (χ0) is 77.2. The summed E-state index contributed by atoms with van der Waals surface area (Å²) in [7, 11) is -14.4. The number of sulfone groups is 4. The van der Waals surface area contributed by atoms with Crippen molar-refractivity contribution in [3.05, 3.63) is 273 Å². The average molecular weight is 1560 g/mol. The molecule has 0 aliphatic carbocycles. The maximum atomic E-state index is 13.9. The summed E-state index contributed by atoms with van der Waals surface area (Å²) < 4.78 is 135. The van der Waals surface area contributed by atoms with Gasteiger partial charge in [-0.3, -0.25) is 24.2 Å². The van der Waals surface area contributed by atoms with E-state index in [1.165, 1.54) is 80.2 Å². The Bertz CT molecular complexity index is 6420. The van der Waals surface area contributed by atoms with E-state index in [9.17, 15) is 82.1 Å². The van der Waals surface area contributed by atoms with Crippen molar-refractivity contribution in [1.29, 1.82) is 0 Å². The monoisotopic (exact) mass is 1560 g/mol. The molecule has 29 heteroatoms. The predicted octanol–water partition coefficient (Wildman–Crippen LogP) is 14.7. The Kier molecular flexibility index (Phi) is 19.0. The number of aliphatic carboxylic acids is 4. The smallest absolute Gasteiger partial charge is 0.323 e. The van der Waals surface area contributed by atoms with Crippen LogP contribution < -0.4 is 0 Å². The number of aromatic nitrogens is 5. The van der Waals surface area contributed by atoms with Crippen LogP contribution in [0.15, 0.2) is 187 Å². The molecule has 0 atom stereocenters. The van der Waals surface area contributed by atoms with Gasteiger partial charge in [0.05, 0.1) is 30.6 Å². The third-order valence-corrected chi connectivity index (χ3v) is 25.5. The minimum absolute atomic E-state index is 0.137. The summed E-state index contributed by atoms with van der Waals surface area (Å²) in [5.74, 6) is -5.01. The summed E-state index contributed by atoms with van der Waals surface area (Å²) in [6, 6.07) is 35.9. The van der Waals surface area contributed by atoms with E-state index in [0.29, 0.717) is 121 Å². The summed E-state index contributed by atoms with van der Waals surface area (Å²) in [4.78, 5) is 50.1. The molecule has 9 heterocycles. The number of hydrogen-bond donors (Lipinski definition) is 4. The Balaban J connectivity index is 0.000000126. The fourth-order valence-corrected chi connectivity index (χ4v) is 20.8. The number of nitrogens with zero attached hydrogens (tertiary/aromatic N) is 5. The molecule has 546 valence electrons. The predicted molar refractivity (Wildman–Crippen MR) is 402 cm³/mol. The van der Waals surface area contributed by atoms with E-state index in [4.69, 9.17) is 23.2 Å². The first-order valence-corrected chi connectivity index (χ1v) is 39.5. The van der Waals surface area contributed by atoms with E-state index in [0.717, 1.165) is 49.6 Å². The van der Waals surface area contributed by atoms with Crippen molar-refractivity contribution in [2.45, 2.75) is 94.2 Å². The molecule has 0 unspecified atom stereocenters. The summed E-state index contributed by atoms with van der Waals surface area (Å²) >= 11 is 12.1. The Morgan fingerprint density at radius 1 is 0.355 bits per heavy atom. The van der Waals surface area contributed by atoms with Crippen molar-refractivity contribution < 1.29 is 82.1 Å². The Morgan fingerprint density at radius 3 is 1.15 bits per heavy atom. The molecular formula is C78H61Cl2F2N5O16S4. The Hall–Kier alpha value is -11.1. The van der Waals surface area contributed by atoms with Crippen LogP contribution in [0.1, 0.15) is 84.0 Å². The molecule has 107 heavy (non-hydrogen) atoms. The van der Waals surface area contributed by atoms with Gasteiger partial charge in [-0.15, -0.1) is 0 Å². The van der Waals surface area contributed by atoms with E-state index in [-0.39, 0.29) is 40.9 Å². The lowest BCUT2D eigenvalue weighted by Gasteiger charge is -2.08. The molecule has 4 aliphatic rings. The van der Waals surface area contributed by atoms with E-state index in [1.54, 1.807) is 84.5 Å². The van der Waals surface area contributed by atoms with Crippen LogP contribution in [0, 0.1) is 60.1 Å². The summed E-state index contributed by atoms with van der Waals surface area (Å²) in [5, 5.41) is 45.4. The van der Waals surface area contributed by atoms with E-state index in [2.05, 4.69) is 4.98 Å². The summed E-state index contributed by atoms with van der Waals surface area (Å²) in [6.45, 7) is 11.6. The van der Waals surface area contributed by atoms with E-state index < -0.39 is 74.9 Å². The highest BCUT2D eigenvalue weighted by atomic mass is 35.5. The first-order chi connectivity index (χ1) is 50.4. The number of aryl methyl sites for hydroxylation is 3. The van der Waals surface area contributed by atoms with Gasteiger partial charge in [-0.2, -0.15) is 0 Å². The van der Waals surface area contributed by atoms with E-state index in [1.807, 2.05) is 64.1 Å². The van der Waals surface area contributed by atoms with Gasteiger partial charge in [0.1, 0.15) is 37.8 Å². The number of fused-ring (bicyclic) bond motifs is 8. The van der Waals surface area contributed by atoms with Gasteiger partial charge in [0, 0.05) is 166 Å². The van der Waals surface area contributed by atoms with Gasteiger partial charge in [-0.1, -0.05) is 71.2 Å². The highest BCUT2D eigenvalue weighted by Gasteiger charge is 2.36. The van der Waals surface area contributed by atoms with Crippen molar-refractivity contribution in [2.24, 2.45) is 0 Å². The van der Waals surface area contributed by atoms with Crippen LogP contribution in [0.2, 0.25) is 10.0 Å². The molecule has 4 aliphatic heterocycles. The quantitative estimate of drug-likeness (QED) is 0.0883. The summed E-state index contributed by atoms with van der Waals surface area (Å²) in [6.07, 6.45) is 2.85. The number of pyridine rings is 1. The fourth-order valence-electron chi connectivity index (χ4n) is 14.5. The highest BCUT2D eigenvalue weighted by molar-refractivity contribution is 7.95. The lowest BCUT2D eigenvalue weighted by Crippen LogP contribution is -2.10. The molecule has 0 saturated heterocycles. The second-order valence-electron chi connectivity index (χ2n) is 26.1. The van der Waals surface area contributed by atoms with Crippen LogP contribution in [0.25, 0.3) is 65.9 Å².